The van der Waals surface area contributed by atoms with Gasteiger partial charge < -0.3 is 9.30 Å². The minimum absolute atomic E-state index is 0. The monoisotopic (exact) mass is 899 g/mol. The molecule has 3 heterocycles. The van der Waals surface area contributed by atoms with Gasteiger partial charge in [-0.15, -0.1) is 35.7 Å². The number of benzene rings is 5. The zero-order valence-electron chi connectivity index (χ0n) is 31.4. The summed E-state index contributed by atoms with van der Waals surface area (Å²) in [5.74, 6) is 2.05. The maximum Gasteiger partial charge on any atom is 2.00 e. The second kappa shape index (κ2) is 15.8. The SMILES string of the molecule is CCCCCC1(CCCCC)c2ccccc2-c2ccc(-c3cnn(-c4[c-]c(Oc5[c-]c6c(cc5)c5ccccc5n6-c5ccccn5)ccc4)c3)cc21.[Pt+2]. The van der Waals surface area contributed by atoms with Crippen LogP contribution in [0.5, 0.6) is 11.5 Å². The molecule has 0 unspecified atom stereocenters. The molecule has 0 saturated heterocycles. The molecule has 9 rings (SSSR count). The number of fused-ring (bicyclic) bond motifs is 6. The Kier molecular flexibility index (Phi) is 10.6. The van der Waals surface area contributed by atoms with Gasteiger partial charge in [-0.25, -0.2) is 4.98 Å². The largest absolute Gasteiger partial charge is 2.00 e. The topological polar surface area (TPSA) is 44.9 Å². The first kappa shape index (κ1) is 36.7. The first-order chi connectivity index (χ1) is 26.7. The molecule has 1 aliphatic rings. The van der Waals surface area contributed by atoms with Gasteiger partial charge in [0, 0.05) is 40.4 Å². The summed E-state index contributed by atoms with van der Waals surface area (Å²) in [7, 11) is 0. The molecule has 3 aromatic heterocycles. The molecule has 0 radical (unpaired) electrons. The van der Waals surface area contributed by atoms with Gasteiger partial charge >= 0.3 is 21.1 Å². The predicted molar refractivity (Wildman–Crippen MR) is 220 cm³/mol. The summed E-state index contributed by atoms with van der Waals surface area (Å²) >= 11 is 0. The molecule has 6 heteroatoms. The van der Waals surface area contributed by atoms with E-state index in [4.69, 9.17) is 9.84 Å². The van der Waals surface area contributed by atoms with Crippen molar-refractivity contribution in [3.05, 3.63) is 157 Å². The van der Waals surface area contributed by atoms with Crippen LogP contribution < -0.4 is 4.74 Å². The number of hydrogen-bond donors (Lipinski definition) is 0. The Hall–Kier alpha value is -5.25. The smallest absolute Gasteiger partial charge is 0.509 e. The molecule has 0 atom stereocenters. The summed E-state index contributed by atoms with van der Waals surface area (Å²) in [4.78, 5) is 4.65. The van der Waals surface area contributed by atoms with Gasteiger partial charge in [-0.2, -0.15) is 17.2 Å². The molecule has 8 aromatic rings. The van der Waals surface area contributed by atoms with Crippen molar-refractivity contribution in [2.75, 3.05) is 0 Å². The summed E-state index contributed by atoms with van der Waals surface area (Å²) in [5.41, 5.74) is 10.9. The molecule has 5 nitrogen and oxygen atoms in total. The van der Waals surface area contributed by atoms with Crippen LogP contribution in [0, 0.1) is 12.1 Å². The second-order valence-electron chi connectivity index (χ2n) is 14.6. The van der Waals surface area contributed by atoms with Crippen molar-refractivity contribution < 1.29 is 25.8 Å². The molecule has 0 N–H and O–H groups in total. The predicted octanol–water partition coefficient (Wildman–Crippen LogP) is 12.8. The third-order valence-corrected chi connectivity index (χ3v) is 11.3. The Balaban J connectivity index is 0.00000427. The van der Waals surface area contributed by atoms with Crippen molar-refractivity contribution in [1.82, 2.24) is 19.3 Å². The van der Waals surface area contributed by atoms with Gasteiger partial charge in [-0.3, -0.25) is 4.68 Å². The van der Waals surface area contributed by atoms with Crippen LogP contribution >= 0.6 is 0 Å². The van der Waals surface area contributed by atoms with Crippen LogP contribution in [-0.2, 0) is 26.5 Å². The van der Waals surface area contributed by atoms with Crippen LogP contribution in [-0.4, -0.2) is 19.3 Å². The summed E-state index contributed by atoms with van der Waals surface area (Å²) < 4.78 is 10.5. The van der Waals surface area contributed by atoms with E-state index >= 15 is 0 Å². The molecule has 0 bridgehead atoms. The fourth-order valence-electron chi connectivity index (χ4n) is 8.66. The minimum Gasteiger partial charge on any atom is -0.509 e. The van der Waals surface area contributed by atoms with Gasteiger partial charge in [-0.05, 0) is 76.0 Å². The van der Waals surface area contributed by atoms with E-state index in [1.807, 2.05) is 59.5 Å². The van der Waals surface area contributed by atoms with Gasteiger partial charge in [0.1, 0.15) is 5.82 Å². The van der Waals surface area contributed by atoms with Crippen LogP contribution in [0.3, 0.4) is 0 Å². The molecule has 0 spiro atoms. The van der Waals surface area contributed by atoms with E-state index in [0.717, 1.165) is 38.9 Å². The zero-order chi connectivity index (χ0) is 36.5. The number of hydrogen-bond acceptors (Lipinski definition) is 3. The van der Waals surface area contributed by atoms with E-state index in [-0.39, 0.29) is 26.5 Å². The molecule has 276 valence electrons. The first-order valence-electron chi connectivity index (χ1n) is 19.5. The van der Waals surface area contributed by atoms with Gasteiger partial charge in [0.05, 0.1) is 6.20 Å². The van der Waals surface area contributed by atoms with Crippen molar-refractivity contribution in [2.24, 2.45) is 0 Å². The van der Waals surface area contributed by atoms with Crippen LogP contribution in [0.4, 0.5) is 0 Å². The average Bonchev–Trinajstić information content (AvgIpc) is 3.91. The maximum atomic E-state index is 6.43. The molecular formula is C49H44N4OPt. The number of aromatic nitrogens is 4. The molecule has 55 heavy (non-hydrogen) atoms. The number of unbranched alkanes of at least 4 members (excludes halogenated alkanes) is 4. The van der Waals surface area contributed by atoms with E-state index in [1.54, 1.807) is 0 Å². The zero-order valence-corrected chi connectivity index (χ0v) is 33.6. The number of para-hydroxylation sites is 1. The van der Waals surface area contributed by atoms with E-state index in [2.05, 4.69) is 115 Å². The Labute approximate surface area is 338 Å². The van der Waals surface area contributed by atoms with Gasteiger partial charge in [0.15, 0.2) is 0 Å². The van der Waals surface area contributed by atoms with Crippen LogP contribution in [0.1, 0.15) is 76.3 Å². The molecular weight excluding hydrogens is 856 g/mol. The Bertz CT molecular complexity index is 2580. The van der Waals surface area contributed by atoms with E-state index < -0.39 is 0 Å². The van der Waals surface area contributed by atoms with Crippen LogP contribution in [0.25, 0.3) is 55.6 Å². The number of nitrogens with zero attached hydrogens (tertiary/aromatic N) is 4. The van der Waals surface area contributed by atoms with Crippen LogP contribution in [0.2, 0.25) is 0 Å². The number of pyridine rings is 1. The first-order valence-corrected chi connectivity index (χ1v) is 19.5. The molecule has 5 aromatic carbocycles. The number of rotatable bonds is 13. The Morgan fingerprint density at radius 1 is 0.655 bits per heavy atom. The van der Waals surface area contributed by atoms with Crippen LogP contribution in [0.15, 0.2) is 134 Å². The molecule has 0 aliphatic heterocycles. The van der Waals surface area contributed by atoms with E-state index in [9.17, 15) is 0 Å². The van der Waals surface area contributed by atoms with Crippen molar-refractivity contribution >= 4 is 21.8 Å². The summed E-state index contributed by atoms with van der Waals surface area (Å²) in [6, 6.07) is 47.6. The van der Waals surface area contributed by atoms with Crippen molar-refractivity contribution in [1.29, 1.82) is 0 Å². The summed E-state index contributed by atoms with van der Waals surface area (Å²) in [6.45, 7) is 4.61. The van der Waals surface area contributed by atoms with Gasteiger partial charge in [-0.1, -0.05) is 119 Å². The fraction of sp³-hybridized carbons (Fsp3) is 0.224. The minimum atomic E-state index is 0. The number of ether oxygens (including phenoxy) is 1. The Morgan fingerprint density at radius 2 is 1.42 bits per heavy atom. The molecule has 0 saturated carbocycles. The average molecular weight is 900 g/mol. The fourth-order valence-corrected chi connectivity index (χ4v) is 8.66. The summed E-state index contributed by atoms with van der Waals surface area (Å²) in [6.07, 6.45) is 15.7. The van der Waals surface area contributed by atoms with E-state index in [0.29, 0.717) is 11.5 Å². The summed E-state index contributed by atoms with van der Waals surface area (Å²) in [5, 5.41) is 7.07. The van der Waals surface area contributed by atoms with Gasteiger partial charge in [0.2, 0.25) is 0 Å². The quantitative estimate of drug-likeness (QED) is 0.0855. The van der Waals surface area contributed by atoms with Gasteiger partial charge in [0.25, 0.3) is 0 Å². The third-order valence-electron chi connectivity index (χ3n) is 11.3. The standard InChI is InChI=1S/C49H44N4O.Pt/c1-3-5-12-27-49(28-13-6-4-2)44-20-9-7-18-40(44)41-25-23-35(30-45(41)49)36-33-51-52(34-36)37-16-15-17-38(31-37)54-39-24-26-43-42-19-8-10-21-46(42)53(47(43)32-39)48-22-11-14-29-50-48;/h7-11,14-26,29-30,33-34H,3-6,12-13,27-28H2,1-2H3;/q-2;+2. The van der Waals surface area contributed by atoms with Crippen molar-refractivity contribution in [2.45, 2.75) is 70.6 Å². The van der Waals surface area contributed by atoms with Crippen molar-refractivity contribution in [3.8, 4) is 45.3 Å². The maximum absolute atomic E-state index is 6.43. The van der Waals surface area contributed by atoms with E-state index in [1.165, 1.54) is 79.2 Å². The molecule has 0 fully saturated rings. The molecule has 0 amide bonds. The third kappa shape index (κ3) is 6.74. The molecule has 1 aliphatic carbocycles. The normalized spacial score (nSPS) is 12.8. The second-order valence-corrected chi connectivity index (χ2v) is 14.6. The van der Waals surface area contributed by atoms with Crippen molar-refractivity contribution in [3.63, 3.8) is 0 Å². The Morgan fingerprint density at radius 3 is 2.24 bits per heavy atom.